The third-order valence-electron chi connectivity index (χ3n) is 3.10. The first-order valence-electron chi connectivity index (χ1n) is 5.64. The molecule has 0 bridgehead atoms. The summed E-state index contributed by atoms with van der Waals surface area (Å²) in [5, 5.41) is 9.43. The maximum Gasteiger partial charge on any atom is 0.258 e. The lowest BCUT2D eigenvalue weighted by Crippen LogP contribution is -2.22. The first-order chi connectivity index (χ1) is 8.65. The smallest absolute Gasteiger partial charge is 0.258 e. The van der Waals surface area contributed by atoms with Crippen LogP contribution >= 0.6 is 0 Å². The highest BCUT2D eigenvalue weighted by atomic mass is 16.3. The molecule has 3 N–H and O–H groups in total. The molecule has 0 aliphatic carbocycles. The summed E-state index contributed by atoms with van der Waals surface area (Å²) in [7, 11) is 0. The van der Waals surface area contributed by atoms with E-state index in [1.54, 1.807) is 29.2 Å². The van der Waals surface area contributed by atoms with Crippen molar-refractivity contribution >= 4 is 17.3 Å². The second-order valence-electron chi connectivity index (χ2n) is 4.32. The van der Waals surface area contributed by atoms with Gasteiger partial charge >= 0.3 is 0 Å². The second kappa shape index (κ2) is 3.77. The SMILES string of the molecule is Nc1ccc(N2Cc3cc(O)ccc3C2=O)cc1. The minimum atomic E-state index is -0.0465. The van der Waals surface area contributed by atoms with Crippen LogP contribution in [0.3, 0.4) is 0 Å². The van der Waals surface area contributed by atoms with Crippen molar-refractivity contribution < 1.29 is 9.90 Å². The van der Waals surface area contributed by atoms with Gasteiger partial charge in [0, 0.05) is 16.9 Å². The zero-order valence-electron chi connectivity index (χ0n) is 9.63. The van der Waals surface area contributed by atoms with Crippen LogP contribution in [0, 0.1) is 0 Å². The van der Waals surface area contributed by atoms with Crippen molar-refractivity contribution in [2.45, 2.75) is 6.54 Å². The van der Waals surface area contributed by atoms with Crippen LogP contribution in [0.5, 0.6) is 5.75 Å². The van der Waals surface area contributed by atoms with Gasteiger partial charge in [-0.1, -0.05) is 0 Å². The molecule has 1 aliphatic heterocycles. The highest BCUT2D eigenvalue weighted by Gasteiger charge is 2.28. The van der Waals surface area contributed by atoms with Crippen LogP contribution in [0.1, 0.15) is 15.9 Å². The van der Waals surface area contributed by atoms with Crippen molar-refractivity contribution in [3.05, 3.63) is 53.6 Å². The van der Waals surface area contributed by atoms with Crippen LogP contribution in [0.2, 0.25) is 0 Å². The summed E-state index contributed by atoms with van der Waals surface area (Å²) in [4.78, 5) is 13.9. The number of nitrogens with zero attached hydrogens (tertiary/aromatic N) is 1. The first-order valence-corrected chi connectivity index (χ1v) is 5.64. The number of benzene rings is 2. The van der Waals surface area contributed by atoms with E-state index in [1.807, 2.05) is 12.1 Å². The third kappa shape index (κ3) is 1.59. The van der Waals surface area contributed by atoms with Gasteiger partial charge in [-0.2, -0.15) is 0 Å². The Morgan fingerprint density at radius 3 is 2.56 bits per heavy atom. The molecule has 2 aromatic carbocycles. The molecule has 18 heavy (non-hydrogen) atoms. The molecule has 3 rings (SSSR count). The van der Waals surface area contributed by atoms with Gasteiger partial charge in [-0.15, -0.1) is 0 Å². The first kappa shape index (κ1) is 10.7. The van der Waals surface area contributed by atoms with Crippen molar-refractivity contribution in [2.75, 3.05) is 10.6 Å². The molecule has 1 aliphatic rings. The van der Waals surface area contributed by atoms with Crippen molar-refractivity contribution in [3.8, 4) is 5.75 Å². The molecular formula is C14H12N2O2. The molecule has 90 valence electrons. The number of carbonyl (C=O) groups is 1. The summed E-state index contributed by atoms with van der Waals surface area (Å²) >= 11 is 0. The number of hydrogen-bond donors (Lipinski definition) is 2. The number of phenolic OH excluding ortho intramolecular Hbond substituents is 1. The fourth-order valence-corrected chi connectivity index (χ4v) is 2.17. The van der Waals surface area contributed by atoms with Crippen molar-refractivity contribution in [1.29, 1.82) is 0 Å². The van der Waals surface area contributed by atoms with Crippen molar-refractivity contribution in [1.82, 2.24) is 0 Å². The lowest BCUT2D eigenvalue weighted by atomic mass is 10.1. The van der Waals surface area contributed by atoms with Crippen molar-refractivity contribution in [2.24, 2.45) is 0 Å². The summed E-state index contributed by atoms with van der Waals surface area (Å²) in [6, 6.07) is 12.0. The highest BCUT2D eigenvalue weighted by Crippen LogP contribution is 2.30. The van der Waals surface area contributed by atoms with Gasteiger partial charge in [-0.05, 0) is 48.0 Å². The van der Waals surface area contributed by atoms with Crippen LogP contribution in [0.4, 0.5) is 11.4 Å². The van der Waals surface area contributed by atoms with Crippen LogP contribution in [0.15, 0.2) is 42.5 Å². The van der Waals surface area contributed by atoms with Gasteiger partial charge < -0.3 is 15.7 Å². The summed E-state index contributed by atoms with van der Waals surface area (Å²) in [6.45, 7) is 0.479. The molecule has 0 radical (unpaired) electrons. The topological polar surface area (TPSA) is 66.6 Å². The normalized spacial score (nSPS) is 13.8. The molecule has 0 saturated heterocycles. The van der Waals surface area contributed by atoms with Gasteiger partial charge in [0.25, 0.3) is 5.91 Å². The number of carbonyl (C=O) groups excluding carboxylic acids is 1. The number of hydrogen-bond acceptors (Lipinski definition) is 3. The maximum absolute atomic E-state index is 12.2. The predicted octanol–water partition coefficient (Wildman–Crippen LogP) is 2.13. The Balaban J connectivity index is 1.99. The number of fused-ring (bicyclic) bond motifs is 1. The van der Waals surface area contributed by atoms with Gasteiger partial charge in [0.05, 0.1) is 6.54 Å². The summed E-state index contributed by atoms with van der Waals surface area (Å²) < 4.78 is 0. The Bertz CT molecular complexity index is 620. The molecule has 0 atom stereocenters. The van der Waals surface area contributed by atoms with E-state index >= 15 is 0 Å². The number of anilines is 2. The van der Waals surface area contributed by atoms with Gasteiger partial charge in [-0.3, -0.25) is 4.79 Å². The summed E-state index contributed by atoms with van der Waals surface area (Å²) in [5.41, 5.74) is 8.59. The molecule has 0 fully saturated rings. The van der Waals surface area contributed by atoms with Gasteiger partial charge in [-0.25, -0.2) is 0 Å². The number of rotatable bonds is 1. The summed E-state index contributed by atoms with van der Waals surface area (Å²) in [6.07, 6.45) is 0. The van der Waals surface area contributed by atoms with Crippen LogP contribution in [0.25, 0.3) is 0 Å². The zero-order chi connectivity index (χ0) is 12.7. The average Bonchev–Trinajstić information content (AvgIpc) is 2.67. The van der Waals surface area contributed by atoms with Crippen molar-refractivity contribution in [3.63, 3.8) is 0 Å². The quantitative estimate of drug-likeness (QED) is 0.750. The fraction of sp³-hybridized carbons (Fsp3) is 0.0714. The molecule has 0 unspecified atom stereocenters. The van der Waals surface area contributed by atoms with E-state index < -0.39 is 0 Å². The van der Waals surface area contributed by atoms with E-state index in [0.717, 1.165) is 11.3 Å². The standard InChI is InChI=1S/C14H12N2O2/c15-10-1-3-11(4-2-10)16-8-9-7-12(17)5-6-13(9)14(16)18/h1-7,17H,8,15H2. The van der Waals surface area contributed by atoms with E-state index in [-0.39, 0.29) is 11.7 Å². The molecule has 1 amide bonds. The number of aromatic hydroxyl groups is 1. The van der Waals surface area contributed by atoms with E-state index in [4.69, 9.17) is 5.73 Å². The third-order valence-corrected chi connectivity index (χ3v) is 3.10. The Hall–Kier alpha value is -2.49. The molecular weight excluding hydrogens is 228 g/mol. The molecule has 1 heterocycles. The van der Waals surface area contributed by atoms with E-state index in [1.165, 1.54) is 6.07 Å². The predicted molar refractivity (Wildman–Crippen MR) is 69.5 cm³/mol. The number of phenols is 1. The number of nitrogens with two attached hydrogens (primary N) is 1. The van der Waals surface area contributed by atoms with E-state index in [2.05, 4.69) is 0 Å². The molecule has 4 heteroatoms. The maximum atomic E-state index is 12.2. The highest BCUT2D eigenvalue weighted by molar-refractivity contribution is 6.10. The molecule has 4 nitrogen and oxygen atoms in total. The summed E-state index contributed by atoms with van der Waals surface area (Å²) in [5.74, 6) is 0.135. The second-order valence-corrected chi connectivity index (χ2v) is 4.32. The molecule has 0 saturated carbocycles. The Morgan fingerprint density at radius 2 is 1.83 bits per heavy atom. The van der Waals surface area contributed by atoms with Crippen LogP contribution in [-0.4, -0.2) is 11.0 Å². The molecule has 0 aromatic heterocycles. The van der Waals surface area contributed by atoms with Gasteiger partial charge in [0.1, 0.15) is 5.75 Å². The minimum absolute atomic E-state index is 0.0465. The Labute approximate surface area is 104 Å². The monoisotopic (exact) mass is 240 g/mol. The number of nitrogen functional groups attached to an aromatic ring is 1. The Kier molecular flexibility index (Phi) is 2.23. The minimum Gasteiger partial charge on any atom is -0.508 e. The molecule has 2 aromatic rings. The van der Waals surface area contributed by atoms with Crippen LogP contribution < -0.4 is 10.6 Å². The lowest BCUT2D eigenvalue weighted by Gasteiger charge is -2.15. The van der Waals surface area contributed by atoms with Crippen LogP contribution in [-0.2, 0) is 6.54 Å². The van der Waals surface area contributed by atoms with E-state index in [0.29, 0.717) is 17.8 Å². The average molecular weight is 240 g/mol. The largest absolute Gasteiger partial charge is 0.508 e. The zero-order valence-corrected chi connectivity index (χ0v) is 9.63. The van der Waals surface area contributed by atoms with Gasteiger partial charge in [0.15, 0.2) is 0 Å². The fourth-order valence-electron chi connectivity index (χ4n) is 2.17. The Morgan fingerprint density at radius 1 is 1.11 bits per heavy atom. The molecule has 0 spiro atoms. The number of amides is 1. The lowest BCUT2D eigenvalue weighted by molar-refractivity contribution is 0.0996. The van der Waals surface area contributed by atoms with Gasteiger partial charge in [0.2, 0.25) is 0 Å². The van der Waals surface area contributed by atoms with E-state index in [9.17, 15) is 9.90 Å².